The monoisotopic (exact) mass is 225 g/mol. The molecule has 94 valence electrons. The summed E-state index contributed by atoms with van der Waals surface area (Å²) in [6.45, 7) is 13.7. The van der Waals surface area contributed by atoms with Crippen LogP contribution in [0.3, 0.4) is 0 Å². The van der Waals surface area contributed by atoms with Crippen LogP contribution in [0.25, 0.3) is 0 Å². The van der Waals surface area contributed by atoms with Crippen LogP contribution >= 0.6 is 0 Å². The van der Waals surface area contributed by atoms with Crippen molar-refractivity contribution in [2.75, 3.05) is 26.2 Å². The minimum absolute atomic E-state index is 0.378. The van der Waals surface area contributed by atoms with Crippen molar-refractivity contribution in [3.63, 3.8) is 0 Å². The lowest BCUT2D eigenvalue weighted by atomic mass is 9.57. The van der Waals surface area contributed by atoms with E-state index < -0.39 is 0 Å². The lowest BCUT2D eigenvalue weighted by molar-refractivity contribution is -0.0741. The van der Waals surface area contributed by atoms with E-state index in [0.717, 1.165) is 36.8 Å². The summed E-state index contributed by atoms with van der Waals surface area (Å²) in [6, 6.07) is 0. The Kier molecular flexibility index (Phi) is 3.91. The number of hydrogen-bond donors (Lipinski definition) is 0. The average molecular weight is 225 g/mol. The van der Waals surface area contributed by atoms with Crippen molar-refractivity contribution in [1.29, 1.82) is 0 Å². The Morgan fingerprint density at radius 2 is 1.75 bits per heavy atom. The highest BCUT2D eigenvalue weighted by Crippen LogP contribution is 2.48. The summed E-state index contributed by atoms with van der Waals surface area (Å²) < 4.78 is 5.63. The summed E-state index contributed by atoms with van der Waals surface area (Å²) in [7, 11) is 0. The van der Waals surface area contributed by atoms with Crippen LogP contribution in [0, 0.1) is 23.7 Å². The molecule has 3 fully saturated rings. The topological polar surface area (TPSA) is 12.5 Å². The van der Waals surface area contributed by atoms with Gasteiger partial charge in [-0.15, -0.1) is 0 Å². The first-order valence-electron chi connectivity index (χ1n) is 6.92. The van der Waals surface area contributed by atoms with Crippen LogP contribution in [-0.2, 0) is 4.74 Å². The van der Waals surface area contributed by atoms with Crippen molar-refractivity contribution in [3.05, 3.63) is 0 Å². The molecule has 1 aliphatic carbocycles. The molecule has 0 amide bonds. The molecule has 3 rings (SSSR count). The number of nitrogens with zero attached hydrogens (tertiary/aromatic N) is 1. The molecule has 0 spiro atoms. The molecular weight excluding hydrogens is 198 g/mol. The molecule has 3 aliphatic rings. The number of rotatable bonds is 5. The minimum atomic E-state index is 0.378. The lowest BCUT2D eigenvalue weighted by Crippen LogP contribution is -2.57. The molecule has 1 saturated carbocycles. The molecule has 2 aliphatic heterocycles. The third kappa shape index (κ3) is 2.60. The Bertz CT molecular complexity index is 215. The van der Waals surface area contributed by atoms with Crippen molar-refractivity contribution in [3.8, 4) is 0 Å². The summed E-state index contributed by atoms with van der Waals surface area (Å²) in [5.74, 6) is 3.87. The fraction of sp³-hybridized carbons (Fsp3) is 1.00. The fourth-order valence-electron chi connectivity index (χ4n) is 3.71. The third-order valence-electron chi connectivity index (χ3n) is 4.31. The molecule has 0 aromatic carbocycles. The molecule has 0 radical (unpaired) electrons. The van der Waals surface area contributed by atoms with E-state index in [9.17, 15) is 0 Å². The molecule has 2 heteroatoms. The number of ether oxygens (including phenoxy) is 1. The lowest BCUT2D eigenvalue weighted by Gasteiger charge is -2.55. The summed E-state index contributed by atoms with van der Waals surface area (Å²) >= 11 is 0. The van der Waals surface area contributed by atoms with Gasteiger partial charge in [-0.1, -0.05) is 13.8 Å². The maximum atomic E-state index is 5.63. The van der Waals surface area contributed by atoms with E-state index in [2.05, 4.69) is 32.6 Å². The van der Waals surface area contributed by atoms with Gasteiger partial charge in [0, 0.05) is 19.6 Å². The molecule has 0 aromatic rings. The van der Waals surface area contributed by atoms with Crippen LogP contribution in [0.4, 0.5) is 0 Å². The van der Waals surface area contributed by atoms with Gasteiger partial charge in [0.15, 0.2) is 0 Å². The zero-order valence-electron chi connectivity index (χ0n) is 11.3. The number of piperidine rings is 2. The normalized spacial score (nSPS) is 34.5. The Balaban J connectivity index is 1.70. The summed E-state index contributed by atoms with van der Waals surface area (Å²) in [5.41, 5.74) is 0. The largest absolute Gasteiger partial charge is 0.377 e. The molecule has 2 bridgehead atoms. The van der Waals surface area contributed by atoms with Crippen LogP contribution in [0.5, 0.6) is 0 Å². The van der Waals surface area contributed by atoms with E-state index in [4.69, 9.17) is 4.74 Å². The molecule has 16 heavy (non-hydrogen) atoms. The molecule has 2 atom stereocenters. The van der Waals surface area contributed by atoms with E-state index in [0.29, 0.717) is 6.10 Å². The summed E-state index contributed by atoms with van der Waals surface area (Å²) in [6.07, 6.45) is 1.87. The molecule has 2 saturated heterocycles. The average Bonchev–Trinajstić information content (AvgIpc) is 2.15. The second-order valence-electron chi connectivity index (χ2n) is 6.26. The second-order valence-corrected chi connectivity index (χ2v) is 6.26. The van der Waals surface area contributed by atoms with Crippen LogP contribution < -0.4 is 0 Å². The predicted molar refractivity (Wildman–Crippen MR) is 67.5 cm³/mol. The molecule has 2 unspecified atom stereocenters. The van der Waals surface area contributed by atoms with Crippen molar-refractivity contribution >= 4 is 0 Å². The van der Waals surface area contributed by atoms with Crippen molar-refractivity contribution < 1.29 is 4.74 Å². The Morgan fingerprint density at radius 3 is 2.25 bits per heavy atom. The zero-order valence-corrected chi connectivity index (χ0v) is 11.3. The van der Waals surface area contributed by atoms with E-state index in [1.54, 1.807) is 0 Å². The number of hydrogen-bond acceptors (Lipinski definition) is 2. The van der Waals surface area contributed by atoms with Gasteiger partial charge < -0.3 is 9.64 Å². The maximum absolute atomic E-state index is 5.63. The Labute approximate surface area is 100 Å². The first-order chi connectivity index (χ1) is 7.58. The second kappa shape index (κ2) is 5.05. The van der Waals surface area contributed by atoms with Gasteiger partial charge in [0.1, 0.15) is 0 Å². The van der Waals surface area contributed by atoms with Crippen molar-refractivity contribution in [2.24, 2.45) is 23.7 Å². The zero-order chi connectivity index (χ0) is 11.7. The fourth-order valence-corrected chi connectivity index (χ4v) is 3.71. The standard InChI is InChI=1S/C14H27NO/c1-10(2)14-12-7-13(14)9-15(8-12)5-6-16-11(3)4/h10-14H,5-9H2,1-4H3. The van der Waals surface area contributed by atoms with Crippen molar-refractivity contribution in [1.82, 2.24) is 4.90 Å². The number of fused-ring (bicyclic) bond motifs is 2. The van der Waals surface area contributed by atoms with E-state index in [1.807, 2.05) is 0 Å². The maximum Gasteiger partial charge on any atom is 0.0596 e. The molecule has 0 N–H and O–H groups in total. The van der Waals surface area contributed by atoms with Crippen LogP contribution in [0.1, 0.15) is 34.1 Å². The SMILES string of the molecule is CC(C)OCCN1CC2CC(C1)C2C(C)C. The van der Waals surface area contributed by atoms with Crippen molar-refractivity contribution in [2.45, 2.75) is 40.2 Å². The van der Waals surface area contributed by atoms with Gasteiger partial charge in [0.2, 0.25) is 0 Å². The molecule has 2 heterocycles. The van der Waals surface area contributed by atoms with Crippen LogP contribution in [-0.4, -0.2) is 37.2 Å². The summed E-state index contributed by atoms with van der Waals surface area (Å²) in [5, 5.41) is 0. The quantitative estimate of drug-likeness (QED) is 0.713. The summed E-state index contributed by atoms with van der Waals surface area (Å²) in [4.78, 5) is 2.61. The van der Waals surface area contributed by atoms with E-state index >= 15 is 0 Å². The minimum Gasteiger partial charge on any atom is -0.377 e. The highest BCUT2D eigenvalue weighted by molar-refractivity contribution is 4.97. The molecule has 2 nitrogen and oxygen atoms in total. The van der Waals surface area contributed by atoms with Crippen LogP contribution in [0.2, 0.25) is 0 Å². The first kappa shape index (κ1) is 12.4. The third-order valence-corrected chi connectivity index (χ3v) is 4.31. The predicted octanol–water partition coefficient (Wildman–Crippen LogP) is 2.64. The van der Waals surface area contributed by atoms with E-state index in [1.165, 1.54) is 19.5 Å². The van der Waals surface area contributed by atoms with Gasteiger partial charge in [-0.05, 0) is 43.9 Å². The first-order valence-corrected chi connectivity index (χ1v) is 6.92. The van der Waals surface area contributed by atoms with Gasteiger partial charge in [-0.25, -0.2) is 0 Å². The van der Waals surface area contributed by atoms with Gasteiger partial charge in [-0.3, -0.25) is 0 Å². The van der Waals surface area contributed by atoms with E-state index in [-0.39, 0.29) is 0 Å². The van der Waals surface area contributed by atoms with Gasteiger partial charge in [0.25, 0.3) is 0 Å². The molecular formula is C14H27NO. The van der Waals surface area contributed by atoms with Gasteiger partial charge in [-0.2, -0.15) is 0 Å². The smallest absolute Gasteiger partial charge is 0.0596 e. The molecule has 0 aromatic heterocycles. The van der Waals surface area contributed by atoms with Gasteiger partial charge in [0.05, 0.1) is 12.7 Å². The van der Waals surface area contributed by atoms with Gasteiger partial charge >= 0.3 is 0 Å². The highest BCUT2D eigenvalue weighted by Gasteiger charge is 2.47. The Hall–Kier alpha value is -0.0800. The Morgan fingerprint density at radius 1 is 1.12 bits per heavy atom. The highest BCUT2D eigenvalue weighted by atomic mass is 16.5. The van der Waals surface area contributed by atoms with Crippen LogP contribution in [0.15, 0.2) is 0 Å².